The van der Waals surface area contributed by atoms with Crippen LogP contribution in [0.15, 0.2) is 30.3 Å². The monoisotopic (exact) mass is 250 g/mol. The maximum Gasteiger partial charge on any atom is 0.185 e. The molecule has 0 saturated carbocycles. The summed E-state index contributed by atoms with van der Waals surface area (Å²) in [5.41, 5.74) is 0.595. The van der Waals surface area contributed by atoms with Crippen molar-refractivity contribution in [1.82, 2.24) is 9.97 Å². The van der Waals surface area contributed by atoms with Crippen molar-refractivity contribution >= 4 is 11.6 Å². The van der Waals surface area contributed by atoms with E-state index in [-0.39, 0.29) is 17.6 Å². The van der Waals surface area contributed by atoms with Crippen molar-refractivity contribution in [3.63, 3.8) is 0 Å². The van der Waals surface area contributed by atoms with Crippen LogP contribution >= 0.6 is 11.6 Å². The first-order valence-electron chi connectivity index (χ1n) is 5.07. The van der Waals surface area contributed by atoms with Gasteiger partial charge in [-0.3, -0.25) is 0 Å². The molecule has 1 aromatic carbocycles. The molecule has 0 aliphatic heterocycles. The first kappa shape index (κ1) is 11.8. The van der Waals surface area contributed by atoms with Crippen LogP contribution in [0.1, 0.15) is 11.5 Å². The maximum atomic E-state index is 8.94. The quantitative estimate of drug-likeness (QED) is 0.851. The van der Waals surface area contributed by atoms with Crippen LogP contribution < -0.4 is 4.74 Å². The molecule has 0 unspecified atom stereocenters. The Kier molecular flexibility index (Phi) is 3.56. The minimum Gasteiger partial charge on any atom is -0.452 e. The number of aromatic nitrogens is 2. The molecule has 0 aliphatic rings. The van der Waals surface area contributed by atoms with E-state index in [0.29, 0.717) is 17.2 Å². The van der Waals surface area contributed by atoms with Crippen LogP contribution in [0.3, 0.4) is 0 Å². The van der Waals surface area contributed by atoms with Gasteiger partial charge >= 0.3 is 0 Å². The molecule has 0 bridgehead atoms. The minimum absolute atomic E-state index is 0.199. The van der Waals surface area contributed by atoms with Gasteiger partial charge in [0.2, 0.25) is 0 Å². The van der Waals surface area contributed by atoms with Gasteiger partial charge in [-0.25, -0.2) is 9.97 Å². The molecule has 0 aliphatic carbocycles. The van der Waals surface area contributed by atoms with Gasteiger partial charge in [0, 0.05) is 0 Å². The van der Waals surface area contributed by atoms with Crippen LogP contribution in [-0.4, -0.2) is 15.1 Å². The van der Waals surface area contributed by atoms with Crippen molar-refractivity contribution in [2.24, 2.45) is 0 Å². The summed E-state index contributed by atoms with van der Waals surface area (Å²) in [4.78, 5) is 8.01. The van der Waals surface area contributed by atoms with Gasteiger partial charge < -0.3 is 9.84 Å². The van der Waals surface area contributed by atoms with Crippen LogP contribution in [-0.2, 0) is 6.61 Å². The molecule has 88 valence electrons. The SMILES string of the molecule is Cc1nc(CO)nc(Cl)c1Oc1ccccc1. The van der Waals surface area contributed by atoms with Crippen LogP contribution in [0.5, 0.6) is 11.5 Å². The summed E-state index contributed by atoms with van der Waals surface area (Å²) in [7, 11) is 0. The highest BCUT2D eigenvalue weighted by atomic mass is 35.5. The molecule has 17 heavy (non-hydrogen) atoms. The molecule has 0 amide bonds. The summed E-state index contributed by atoms with van der Waals surface area (Å²) in [5, 5.41) is 9.14. The van der Waals surface area contributed by atoms with Gasteiger partial charge in [-0.05, 0) is 19.1 Å². The highest BCUT2D eigenvalue weighted by molar-refractivity contribution is 6.30. The Morgan fingerprint density at radius 1 is 1.24 bits per heavy atom. The van der Waals surface area contributed by atoms with Crippen molar-refractivity contribution in [2.45, 2.75) is 13.5 Å². The normalized spacial score (nSPS) is 10.3. The summed E-state index contributed by atoms with van der Waals surface area (Å²) >= 11 is 5.98. The molecule has 2 rings (SSSR count). The predicted molar refractivity (Wildman–Crippen MR) is 64.2 cm³/mol. The first-order chi connectivity index (χ1) is 8.20. The van der Waals surface area contributed by atoms with Crippen LogP contribution in [0.4, 0.5) is 0 Å². The number of hydrogen-bond acceptors (Lipinski definition) is 4. The van der Waals surface area contributed by atoms with E-state index in [2.05, 4.69) is 9.97 Å². The Balaban J connectivity index is 2.33. The van der Waals surface area contributed by atoms with Crippen LogP contribution in [0.2, 0.25) is 5.15 Å². The van der Waals surface area contributed by atoms with Gasteiger partial charge in [0.1, 0.15) is 12.4 Å². The molecule has 5 heteroatoms. The zero-order valence-corrected chi connectivity index (χ0v) is 9.98. The Morgan fingerprint density at radius 2 is 1.94 bits per heavy atom. The number of aliphatic hydroxyl groups is 1. The average Bonchev–Trinajstić information content (AvgIpc) is 2.35. The number of aryl methyl sites for hydroxylation is 1. The van der Waals surface area contributed by atoms with Gasteiger partial charge in [0.15, 0.2) is 16.7 Å². The molecule has 0 radical (unpaired) electrons. The molecule has 1 aromatic heterocycles. The Labute approximate surface area is 104 Å². The number of hydrogen-bond donors (Lipinski definition) is 1. The van der Waals surface area contributed by atoms with E-state index >= 15 is 0 Å². The lowest BCUT2D eigenvalue weighted by Gasteiger charge is -2.10. The number of aliphatic hydroxyl groups excluding tert-OH is 1. The van der Waals surface area contributed by atoms with E-state index in [4.69, 9.17) is 21.4 Å². The van der Waals surface area contributed by atoms with E-state index in [1.165, 1.54) is 0 Å². The van der Waals surface area contributed by atoms with Crippen molar-refractivity contribution in [1.29, 1.82) is 0 Å². The molecule has 0 atom stereocenters. The van der Waals surface area contributed by atoms with Gasteiger partial charge in [-0.2, -0.15) is 0 Å². The Hall–Kier alpha value is -1.65. The largest absolute Gasteiger partial charge is 0.452 e. The summed E-state index contributed by atoms with van der Waals surface area (Å²) in [6, 6.07) is 9.25. The zero-order valence-electron chi connectivity index (χ0n) is 9.22. The molecule has 1 heterocycles. The highest BCUT2D eigenvalue weighted by Gasteiger charge is 2.11. The third-order valence-corrected chi connectivity index (χ3v) is 2.40. The second kappa shape index (κ2) is 5.12. The smallest absolute Gasteiger partial charge is 0.185 e. The molecule has 0 spiro atoms. The number of rotatable bonds is 3. The number of nitrogens with zero attached hydrogens (tertiary/aromatic N) is 2. The highest BCUT2D eigenvalue weighted by Crippen LogP contribution is 2.30. The molecule has 4 nitrogen and oxygen atoms in total. The lowest BCUT2D eigenvalue weighted by atomic mass is 10.3. The molecule has 0 saturated heterocycles. The van der Waals surface area contributed by atoms with Crippen molar-refractivity contribution in [3.05, 3.63) is 47.0 Å². The third-order valence-electron chi connectivity index (χ3n) is 2.14. The van der Waals surface area contributed by atoms with E-state index < -0.39 is 0 Å². The molecular weight excluding hydrogens is 240 g/mol. The first-order valence-corrected chi connectivity index (χ1v) is 5.45. The van der Waals surface area contributed by atoms with Gasteiger partial charge in [-0.15, -0.1) is 0 Å². The van der Waals surface area contributed by atoms with E-state index in [0.717, 1.165) is 0 Å². The predicted octanol–water partition coefficient (Wildman–Crippen LogP) is 2.72. The number of para-hydroxylation sites is 1. The van der Waals surface area contributed by atoms with Crippen molar-refractivity contribution < 1.29 is 9.84 Å². The molecular formula is C12H11ClN2O2. The maximum absolute atomic E-state index is 8.94. The van der Waals surface area contributed by atoms with E-state index in [1.54, 1.807) is 6.92 Å². The lowest BCUT2D eigenvalue weighted by Crippen LogP contribution is -2.00. The van der Waals surface area contributed by atoms with Crippen molar-refractivity contribution in [3.8, 4) is 11.5 Å². The standard InChI is InChI=1S/C12H11ClN2O2/c1-8-11(12(13)15-10(7-16)14-8)17-9-5-3-2-4-6-9/h2-6,16H,7H2,1H3. The molecule has 1 N–H and O–H groups in total. The summed E-state index contributed by atoms with van der Waals surface area (Å²) in [6.45, 7) is 1.51. The topological polar surface area (TPSA) is 55.2 Å². The summed E-state index contributed by atoms with van der Waals surface area (Å²) < 4.78 is 5.60. The minimum atomic E-state index is -0.244. The van der Waals surface area contributed by atoms with Gasteiger partial charge in [0.25, 0.3) is 0 Å². The fourth-order valence-corrected chi connectivity index (χ4v) is 1.65. The number of benzene rings is 1. The third kappa shape index (κ3) is 2.72. The van der Waals surface area contributed by atoms with Crippen LogP contribution in [0, 0.1) is 6.92 Å². The molecule has 0 fully saturated rings. The van der Waals surface area contributed by atoms with E-state index in [1.807, 2.05) is 30.3 Å². The fraction of sp³-hybridized carbons (Fsp3) is 0.167. The lowest BCUT2D eigenvalue weighted by molar-refractivity contribution is 0.270. The Bertz CT molecular complexity index is 494. The Morgan fingerprint density at radius 3 is 2.53 bits per heavy atom. The second-order valence-corrected chi connectivity index (χ2v) is 3.78. The number of halogens is 1. The van der Waals surface area contributed by atoms with Crippen molar-refractivity contribution in [2.75, 3.05) is 0 Å². The summed E-state index contributed by atoms with van der Waals surface area (Å²) in [6.07, 6.45) is 0. The average molecular weight is 251 g/mol. The fourth-order valence-electron chi connectivity index (χ4n) is 1.38. The number of ether oxygens (including phenoxy) is 1. The second-order valence-electron chi connectivity index (χ2n) is 3.42. The summed E-state index contributed by atoms with van der Waals surface area (Å²) in [5.74, 6) is 1.36. The van der Waals surface area contributed by atoms with Gasteiger partial charge in [0.05, 0.1) is 5.69 Å². The zero-order chi connectivity index (χ0) is 12.3. The molecule has 2 aromatic rings. The van der Waals surface area contributed by atoms with Crippen LogP contribution in [0.25, 0.3) is 0 Å². The van der Waals surface area contributed by atoms with E-state index in [9.17, 15) is 0 Å². The van der Waals surface area contributed by atoms with Gasteiger partial charge in [-0.1, -0.05) is 29.8 Å².